The standard InChI is InChI=1S/C20H23ClN2O3S/c1-3-23(4-2)27(25,26)18-14-16(10-11-17(18)21)22-19(24)20(12-13-20)15-8-6-5-7-9-15/h5-11,14H,3-4,12-13H2,1-2H3,(H,22,24). The van der Waals surface area contributed by atoms with Gasteiger partial charge in [0.05, 0.1) is 10.4 Å². The van der Waals surface area contributed by atoms with Gasteiger partial charge in [-0.3, -0.25) is 4.79 Å². The second-order valence-electron chi connectivity index (χ2n) is 6.64. The molecular weight excluding hydrogens is 384 g/mol. The van der Waals surface area contributed by atoms with E-state index in [1.165, 1.54) is 16.4 Å². The molecule has 1 N–H and O–H groups in total. The van der Waals surface area contributed by atoms with E-state index in [0.717, 1.165) is 18.4 Å². The van der Waals surface area contributed by atoms with E-state index in [1.54, 1.807) is 19.9 Å². The smallest absolute Gasteiger partial charge is 0.244 e. The molecule has 0 atom stereocenters. The average Bonchev–Trinajstić information content (AvgIpc) is 3.47. The fourth-order valence-corrected chi connectivity index (χ4v) is 5.22. The van der Waals surface area contributed by atoms with Gasteiger partial charge in [-0.25, -0.2) is 8.42 Å². The van der Waals surface area contributed by atoms with Crippen LogP contribution in [0.4, 0.5) is 5.69 Å². The number of nitrogens with one attached hydrogen (secondary N) is 1. The highest BCUT2D eigenvalue weighted by Crippen LogP contribution is 2.49. The molecule has 2 aromatic carbocycles. The highest BCUT2D eigenvalue weighted by Gasteiger charge is 2.51. The molecule has 1 fully saturated rings. The number of benzene rings is 2. The van der Waals surface area contributed by atoms with Crippen LogP contribution >= 0.6 is 11.6 Å². The summed E-state index contributed by atoms with van der Waals surface area (Å²) >= 11 is 6.15. The van der Waals surface area contributed by atoms with Crippen molar-refractivity contribution in [2.45, 2.75) is 37.0 Å². The van der Waals surface area contributed by atoms with E-state index in [1.807, 2.05) is 30.3 Å². The fraction of sp³-hybridized carbons (Fsp3) is 0.350. The minimum Gasteiger partial charge on any atom is -0.325 e. The van der Waals surface area contributed by atoms with Gasteiger partial charge in [0.2, 0.25) is 15.9 Å². The number of hydrogen-bond donors (Lipinski definition) is 1. The molecule has 0 unspecified atom stereocenters. The first kappa shape index (κ1) is 19.9. The number of halogens is 1. The Balaban J connectivity index is 1.88. The Labute approximate surface area is 165 Å². The Morgan fingerprint density at radius 3 is 2.30 bits per heavy atom. The van der Waals surface area contributed by atoms with E-state index in [0.29, 0.717) is 18.8 Å². The minimum absolute atomic E-state index is 0.00947. The van der Waals surface area contributed by atoms with E-state index in [4.69, 9.17) is 11.6 Å². The second-order valence-corrected chi connectivity index (χ2v) is 8.95. The predicted octanol–water partition coefficient (Wildman–Crippen LogP) is 4.04. The minimum atomic E-state index is -3.71. The van der Waals surface area contributed by atoms with Crippen LogP contribution in [0.25, 0.3) is 0 Å². The van der Waals surface area contributed by atoms with Crippen LogP contribution in [0.3, 0.4) is 0 Å². The van der Waals surface area contributed by atoms with Crippen LogP contribution in [0.1, 0.15) is 32.3 Å². The van der Waals surface area contributed by atoms with Crippen LogP contribution in [-0.2, 0) is 20.2 Å². The molecule has 27 heavy (non-hydrogen) atoms. The Morgan fingerprint density at radius 1 is 1.11 bits per heavy atom. The Morgan fingerprint density at radius 2 is 1.74 bits per heavy atom. The zero-order valence-corrected chi connectivity index (χ0v) is 17.0. The van der Waals surface area contributed by atoms with Crippen LogP contribution in [0.2, 0.25) is 5.02 Å². The summed E-state index contributed by atoms with van der Waals surface area (Å²) in [5, 5.41) is 3.02. The molecule has 1 aliphatic carbocycles. The quantitative estimate of drug-likeness (QED) is 0.754. The number of carbonyl (C=O) groups is 1. The number of carbonyl (C=O) groups excluding carboxylic acids is 1. The van der Waals surface area contributed by atoms with Gasteiger partial charge in [-0.2, -0.15) is 4.31 Å². The molecule has 144 valence electrons. The molecule has 1 saturated carbocycles. The molecule has 0 radical (unpaired) electrons. The van der Waals surface area contributed by atoms with Gasteiger partial charge < -0.3 is 5.32 Å². The third kappa shape index (κ3) is 3.74. The van der Waals surface area contributed by atoms with Crippen molar-refractivity contribution in [3.05, 3.63) is 59.1 Å². The summed E-state index contributed by atoms with van der Waals surface area (Å²) in [5.41, 5.74) is 0.878. The number of amides is 1. The third-order valence-electron chi connectivity index (χ3n) is 5.02. The molecular formula is C20H23ClN2O3S. The van der Waals surface area contributed by atoms with Crippen molar-refractivity contribution in [2.24, 2.45) is 0 Å². The van der Waals surface area contributed by atoms with Gasteiger partial charge in [-0.05, 0) is 36.6 Å². The van der Waals surface area contributed by atoms with E-state index in [9.17, 15) is 13.2 Å². The van der Waals surface area contributed by atoms with Crippen molar-refractivity contribution in [2.75, 3.05) is 18.4 Å². The number of rotatable bonds is 7. The first-order valence-corrected chi connectivity index (χ1v) is 10.8. The molecule has 0 aliphatic heterocycles. The Bertz CT molecular complexity index is 937. The number of hydrogen-bond acceptors (Lipinski definition) is 3. The Kier molecular flexibility index (Phi) is 5.60. The molecule has 0 bridgehead atoms. The first-order chi connectivity index (χ1) is 12.8. The lowest BCUT2D eigenvalue weighted by Gasteiger charge is -2.20. The van der Waals surface area contributed by atoms with Crippen molar-refractivity contribution >= 4 is 33.2 Å². The van der Waals surface area contributed by atoms with E-state index < -0.39 is 15.4 Å². The van der Waals surface area contributed by atoms with Crippen molar-refractivity contribution < 1.29 is 13.2 Å². The lowest BCUT2D eigenvalue weighted by molar-refractivity contribution is -0.118. The first-order valence-electron chi connectivity index (χ1n) is 9.02. The topological polar surface area (TPSA) is 66.5 Å². The van der Waals surface area contributed by atoms with Crippen molar-refractivity contribution in [1.29, 1.82) is 0 Å². The van der Waals surface area contributed by atoms with Crippen molar-refractivity contribution in [1.82, 2.24) is 4.31 Å². The largest absolute Gasteiger partial charge is 0.325 e. The normalized spacial score (nSPS) is 15.6. The van der Waals surface area contributed by atoms with Crippen molar-refractivity contribution in [3.8, 4) is 0 Å². The number of sulfonamides is 1. The van der Waals surface area contributed by atoms with Gasteiger partial charge >= 0.3 is 0 Å². The van der Waals surface area contributed by atoms with Crippen LogP contribution in [-0.4, -0.2) is 31.7 Å². The highest BCUT2D eigenvalue weighted by molar-refractivity contribution is 7.89. The van der Waals surface area contributed by atoms with Crippen molar-refractivity contribution in [3.63, 3.8) is 0 Å². The molecule has 0 spiro atoms. The van der Waals surface area contributed by atoms with Gasteiger partial charge in [0.25, 0.3) is 0 Å². The lowest BCUT2D eigenvalue weighted by Crippen LogP contribution is -2.31. The van der Waals surface area contributed by atoms with Crippen LogP contribution in [0.15, 0.2) is 53.4 Å². The molecule has 7 heteroatoms. The number of nitrogens with zero attached hydrogens (tertiary/aromatic N) is 1. The fourth-order valence-electron chi connectivity index (χ4n) is 3.26. The predicted molar refractivity (Wildman–Crippen MR) is 108 cm³/mol. The molecule has 3 rings (SSSR count). The maximum atomic E-state index is 12.9. The molecule has 0 aromatic heterocycles. The second kappa shape index (κ2) is 7.62. The van der Waals surface area contributed by atoms with Crippen LogP contribution < -0.4 is 5.32 Å². The van der Waals surface area contributed by atoms with Crippen LogP contribution in [0, 0.1) is 0 Å². The zero-order valence-electron chi connectivity index (χ0n) is 15.4. The van der Waals surface area contributed by atoms with Gasteiger partial charge in [0.15, 0.2) is 0 Å². The maximum Gasteiger partial charge on any atom is 0.244 e. The van der Waals surface area contributed by atoms with Crippen LogP contribution in [0.5, 0.6) is 0 Å². The third-order valence-corrected chi connectivity index (χ3v) is 7.55. The number of anilines is 1. The highest BCUT2D eigenvalue weighted by atomic mass is 35.5. The van der Waals surface area contributed by atoms with Gasteiger partial charge in [-0.1, -0.05) is 55.8 Å². The zero-order chi connectivity index (χ0) is 19.7. The molecule has 1 amide bonds. The van der Waals surface area contributed by atoms with E-state index in [2.05, 4.69) is 5.32 Å². The average molecular weight is 407 g/mol. The summed E-state index contributed by atoms with van der Waals surface area (Å²) in [4.78, 5) is 12.9. The van der Waals surface area contributed by atoms with Gasteiger partial charge in [-0.15, -0.1) is 0 Å². The summed E-state index contributed by atoms with van der Waals surface area (Å²) in [7, 11) is -3.71. The lowest BCUT2D eigenvalue weighted by atomic mass is 9.95. The molecule has 1 aliphatic rings. The monoisotopic (exact) mass is 406 g/mol. The molecule has 0 heterocycles. The van der Waals surface area contributed by atoms with E-state index in [-0.39, 0.29) is 15.8 Å². The Hall–Kier alpha value is -1.89. The molecule has 2 aromatic rings. The van der Waals surface area contributed by atoms with E-state index >= 15 is 0 Å². The summed E-state index contributed by atoms with van der Waals surface area (Å²) in [6, 6.07) is 14.2. The van der Waals surface area contributed by atoms with Gasteiger partial charge in [0.1, 0.15) is 4.90 Å². The summed E-state index contributed by atoms with van der Waals surface area (Å²) in [5.74, 6) is -0.123. The van der Waals surface area contributed by atoms with Gasteiger partial charge in [0, 0.05) is 18.8 Å². The summed E-state index contributed by atoms with van der Waals surface area (Å²) in [6.45, 7) is 4.25. The summed E-state index contributed by atoms with van der Waals surface area (Å²) in [6.07, 6.45) is 1.56. The maximum absolute atomic E-state index is 12.9. The summed E-state index contributed by atoms with van der Waals surface area (Å²) < 4.78 is 27.0. The molecule has 0 saturated heterocycles. The molecule has 5 nitrogen and oxygen atoms in total. The SMILES string of the molecule is CCN(CC)S(=O)(=O)c1cc(NC(=O)C2(c3ccccc3)CC2)ccc1Cl.